The topological polar surface area (TPSA) is 100 Å². The van der Waals surface area contributed by atoms with Gasteiger partial charge in [0, 0.05) is 51.7 Å². The van der Waals surface area contributed by atoms with Gasteiger partial charge in [0.25, 0.3) is 0 Å². The quantitative estimate of drug-likeness (QED) is 0.473. The minimum atomic E-state index is -0.406. The first kappa shape index (κ1) is 19.7. The van der Waals surface area contributed by atoms with Gasteiger partial charge >= 0.3 is 5.69 Å². The molecule has 30 heavy (non-hydrogen) atoms. The van der Waals surface area contributed by atoms with Crippen molar-refractivity contribution in [2.24, 2.45) is 0 Å². The van der Waals surface area contributed by atoms with E-state index in [2.05, 4.69) is 37.3 Å². The molecule has 0 spiro atoms. The number of pyridine rings is 1. The van der Waals surface area contributed by atoms with Crippen LogP contribution in [0, 0.1) is 10.1 Å². The molecule has 4 rings (SSSR count). The molecule has 1 N–H and O–H groups in total. The Hall–Kier alpha value is -3.59. The molecule has 1 saturated heterocycles. The van der Waals surface area contributed by atoms with Crippen molar-refractivity contribution < 1.29 is 4.92 Å². The third-order valence-electron chi connectivity index (χ3n) is 5.09. The molecule has 0 atom stereocenters. The Labute approximate surface area is 174 Å². The number of aromatic nitrogens is 3. The zero-order chi connectivity index (χ0) is 20.8. The molecule has 9 nitrogen and oxygen atoms in total. The van der Waals surface area contributed by atoms with E-state index >= 15 is 0 Å². The SMILES string of the molecule is O=[N+]([O-])c1c(NCc2cccnc2)ncnc1N1CCN(Cc2ccccc2)CC1. The predicted molar refractivity (Wildman–Crippen MR) is 114 cm³/mol. The molecule has 3 aromatic rings. The van der Waals surface area contributed by atoms with Crippen LogP contribution >= 0.6 is 0 Å². The van der Waals surface area contributed by atoms with Crippen LogP contribution in [-0.4, -0.2) is 51.0 Å². The number of hydrogen-bond donors (Lipinski definition) is 1. The number of nitrogens with zero attached hydrogens (tertiary/aromatic N) is 6. The number of benzene rings is 1. The van der Waals surface area contributed by atoms with Crippen LogP contribution in [-0.2, 0) is 13.1 Å². The highest BCUT2D eigenvalue weighted by Crippen LogP contribution is 2.32. The van der Waals surface area contributed by atoms with Gasteiger partial charge in [0.2, 0.25) is 11.6 Å². The normalized spacial score (nSPS) is 14.5. The van der Waals surface area contributed by atoms with Crippen molar-refractivity contribution in [3.05, 3.63) is 82.4 Å². The molecule has 3 heterocycles. The van der Waals surface area contributed by atoms with Gasteiger partial charge in [-0.3, -0.25) is 20.0 Å². The van der Waals surface area contributed by atoms with Gasteiger partial charge in [0.05, 0.1) is 4.92 Å². The van der Waals surface area contributed by atoms with E-state index in [9.17, 15) is 10.1 Å². The Bertz CT molecular complexity index is 977. The number of nitrogens with one attached hydrogen (secondary N) is 1. The van der Waals surface area contributed by atoms with Crippen LogP contribution in [0.25, 0.3) is 0 Å². The standard InChI is InChI=1S/C21H23N7O2/c29-28(30)19-20(23-14-18-7-4-8-22-13-18)24-16-25-21(19)27-11-9-26(10-12-27)15-17-5-2-1-3-6-17/h1-8,13,16H,9-12,14-15H2,(H,23,24,25). The maximum atomic E-state index is 11.8. The van der Waals surface area contributed by atoms with Gasteiger partial charge in [-0.15, -0.1) is 0 Å². The number of anilines is 2. The molecule has 0 aliphatic carbocycles. The zero-order valence-corrected chi connectivity index (χ0v) is 16.5. The number of nitro groups is 1. The van der Waals surface area contributed by atoms with Crippen LogP contribution in [0.1, 0.15) is 11.1 Å². The minimum absolute atomic E-state index is 0.0853. The van der Waals surface area contributed by atoms with E-state index in [1.165, 1.54) is 11.9 Å². The lowest BCUT2D eigenvalue weighted by atomic mass is 10.2. The summed E-state index contributed by atoms with van der Waals surface area (Å²) in [5.74, 6) is 0.587. The molecular formula is C21H23N7O2. The Kier molecular flexibility index (Phi) is 6.09. The molecule has 0 bridgehead atoms. The molecule has 2 aromatic heterocycles. The third-order valence-corrected chi connectivity index (χ3v) is 5.09. The predicted octanol–water partition coefficient (Wildman–Crippen LogP) is 2.71. The van der Waals surface area contributed by atoms with Gasteiger partial charge in [0.15, 0.2) is 0 Å². The van der Waals surface area contributed by atoms with E-state index in [0.29, 0.717) is 25.5 Å². The monoisotopic (exact) mass is 405 g/mol. The van der Waals surface area contributed by atoms with Crippen LogP contribution in [0.4, 0.5) is 17.3 Å². The van der Waals surface area contributed by atoms with E-state index in [4.69, 9.17) is 0 Å². The molecule has 154 valence electrons. The highest BCUT2D eigenvalue weighted by atomic mass is 16.6. The van der Waals surface area contributed by atoms with E-state index in [0.717, 1.165) is 25.2 Å². The summed E-state index contributed by atoms with van der Waals surface area (Å²) < 4.78 is 0. The first-order valence-electron chi connectivity index (χ1n) is 9.84. The second-order valence-electron chi connectivity index (χ2n) is 7.12. The summed E-state index contributed by atoms with van der Waals surface area (Å²) in [5.41, 5.74) is 2.10. The minimum Gasteiger partial charge on any atom is -0.360 e. The lowest BCUT2D eigenvalue weighted by molar-refractivity contribution is -0.383. The van der Waals surface area contributed by atoms with Crippen LogP contribution in [0.5, 0.6) is 0 Å². The van der Waals surface area contributed by atoms with Gasteiger partial charge in [-0.2, -0.15) is 0 Å². The molecule has 0 amide bonds. The van der Waals surface area contributed by atoms with Crippen molar-refractivity contribution in [2.45, 2.75) is 13.1 Å². The summed E-state index contributed by atoms with van der Waals surface area (Å²) in [7, 11) is 0. The summed E-state index contributed by atoms with van der Waals surface area (Å²) in [4.78, 5) is 28.2. The van der Waals surface area contributed by atoms with Crippen molar-refractivity contribution in [1.29, 1.82) is 0 Å². The first-order chi connectivity index (χ1) is 14.7. The number of rotatable bonds is 7. The summed E-state index contributed by atoms with van der Waals surface area (Å²) >= 11 is 0. The van der Waals surface area contributed by atoms with Gasteiger partial charge in [-0.05, 0) is 17.2 Å². The van der Waals surface area contributed by atoms with Crippen molar-refractivity contribution in [3.63, 3.8) is 0 Å². The van der Waals surface area contributed by atoms with E-state index in [-0.39, 0.29) is 11.5 Å². The Balaban J connectivity index is 1.45. The summed E-state index contributed by atoms with van der Waals surface area (Å²) in [6.07, 6.45) is 4.78. The van der Waals surface area contributed by atoms with Gasteiger partial charge in [-0.1, -0.05) is 36.4 Å². The highest BCUT2D eigenvalue weighted by Gasteiger charge is 2.29. The molecule has 0 saturated carbocycles. The number of piperazine rings is 1. The van der Waals surface area contributed by atoms with Crippen LogP contribution < -0.4 is 10.2 Å². The molecule has 1 aromatic carbocycles. The fourth-order valence-corrected chi connectivity index (χ4v) is 3.55. The van der Waals surface area contributed by atoms with Crippen LogP contribution in [0.15, 0.2) is 61.2 Å². The lowest BCUT2D eigenvalue weighted by Gasteiger charge is -2.35. The highest BCUT2D eigenvalue weighted by molar-refractivity contribution is 5.70. The summed E-state index contributed by atoms with van der Waals surface area (Å²) in [5, 5.41) is 14.9. The summed E-state index contributed by atoms with van der Waals surface area (Å²) in [6.45, 7) is 4.25. The second-order valence-corrected chi connectivity index (χ2v) is 7.12. The summed E-state index contributed by atoms with van der Waals surface area (Å²) in [6, 6.07) is 14.0. The zero-order valence-electron chi connectivity index (χ0n) is 16.5. The number of hydrogen-bond acceptors (Lipinski definition) is 8. The van der Waals surface area contributed by atoms with Crippen molar-refractivity contribution in [3.8, 4) is 0 Å². The lowest BCUT2D eigenvalue weighted by Crippen LogP contribution is -2.46. The molecule has 1 aliphatic heterocycles. The molecule has 9 heteroatoms. The van der Waals surface area contributed by atoms with E-state index in [1.54, 1.807) is 12.4 Å². The van der Waals surface area contributed by atoms with Crippen molar-refractivity contribution >= 4 is 17.3 Å². The second kappa shape index (κ2) is 9.27. The maximum Gasteiger partial charge on any atom is 0.353 e. The fraction of sp³-hybridized carbons (Fsp3) is 0.286. The molecular weight excluding hydrogens is 382 g/mol. The van der Waals surface area contributed by atoms with Crippen LogP contribution in [0.3, 0.4) is 0 Å². The molecule has 1 aliphatic rings. The fourth-order valence-electron chi connectivity index (χ4n) is 3.55. The van der Waals surface area contributed by atoms with Gasteiger partial charge in [-0.25, -0.2) is 9.97 Å². The Morgan fingerprint density at radius 1 is 1.00 bits per heavy atom. The molecule has 0 radical (unpaired) electrons. The smallest absolute Gasteiger partial charge is 0.353 e. The third kappa shape index (κ3) is 4.69. The molecule has 1 fully saturated rings. The van der Waals surface area contributed by atoms with Gasteiger partial charge < -0.3 is 10.2 Å². The van der Waals surface area contributed by atoms with E-state index in [1.807, 2.05) is 35.2 Å². The van der Waals surface area contributed by atoms with Crippen molar-refractivity contribution in [2.75, 3.05) is 36.4 Å². The Morgan fingerprint density at radius 3 is 2.47 bits per heavy atom. The average Bonchev–Trinajstić information content (AvgIpc) is 2.79. The van der Waals surface area contributed by atoms with Crippen LogP contribution in [0.2, 0.25) is 0 Å². The van der Waals surface area contributed by atoms with Crippen molar-refractivity contribution in [1.82, 2.24) is 19.9 Å². The largest absolute Gasteiger partial charge is 0.360 e. The maximum absolute atomic E-state index is 11.8. The Morgan fingerprint density at radius 2 is 1.77 bits per heavy atom. The first-order valence-corrected chi connectivity index (χ1v) is 9.84. The van der Waals surface area contributed by atoms with E-state index < -0.39 is 4.92 Å². The van der Waals surface area contributed by atoms with Gasteiger partial charge in [0.1, 0.15) is 6.33 Å². The average molecular weight is 405 g/mol. The molecule has 0 unspecified atom stereocenters.